The molecule has 0 bridgehead atoms. The highest BCUT2D eigenvalue weighted by Gasteiger charge is 2.29. The van der Waals surface area contributed by atoms with Crippen molar-refractivity contribution in [3.05, 3.63) is 101 Å². The Bertz CT molecular complexity index is 1060. The summed E-state index contributed by atoms with van der Waals surface area (Å²) in [7, 11) is 1.62. The Labute approximate surface area is 202 Å². The van der Waals surface area contributed by atoms with Gasteiger partial charge < -0.3 is 15.0 Å². The van der Waals surface area contributed by atoms with E-state index in [0.717, 1.165) is 22.4 Å². The zero-order chi connectivity index (χ0) is 24.3. The van der Waals surface area contributed by atoms with Crippen LogP contribution in [-0.2, 0) is 22.6 Å². The topological polar surface area (TPSA) is 58.6 Å². The highest BCUT2D eigenvalue weighted by atomic mass is 16.5. The van der Waals surface area contributed by atoms with Crippen LogP contribution in [0.3, 0.4) is 0 Å². The fourth-order valence-electron chi connectivity index (χ4n) is 3.88. The van der Waals surface area contributed by atoms with Gasteiger partial charge in [0, 0.05) is 26.4 Å². The fourth-order valence-corrected chi connectivity index (χ4v) is 3.88. The fraction of sp³-hybridized carbons (Fsp3) is 0.310. The van der Waals surface area contributed by atoms with Gasteiger partial charge in [-0.15, -0.1) is 0 Å². The Hall–Kier alpha value is -3.60. The third-order valence-corrected chi connectivity index (χ3v) is 5.94. The van der Waals surface area contributed by atoms with Crippen molar-refractivity contribution < 1.29 is 14.3 Å². The molecule has 1 atom stereocenters. The quantitative estimate of drug-likeness (QED) is 0.418. The third kappa shape index (κ3) is 7.20. The number of ether oxygens (including phenoxy) is 1. The van der Waals surface area contributed by atoms with Crippen LogP contribution in [-0.4, -0.2) is 36.4 Å². The van der Waals surface area contributed by atoms with Crippen LogP contribution < -0.4 is 10.1 Å². The highest BCUT2D eigenvalue weighted by molar-refractivity contribution is 5.87. The number of carbonyl (C=O) groups excluding carboxylic acids is 2. The molecule has 0 aliphatic carbocycles. The summed E-state index contributed by atoms with van der Waals surface area (Å²) in [4.78, 5) is 28.1. The lowest BCUT2D eigenvalue weighted by atomic mass is 10.0. The molecule has 0 saturated carbocycles. The first kappa shape index (κ1) is 25.0. The van der Waals surface area contributed by atoms with E-state index in [4.69, 9.17) is 4.74 Å². The molecule has 0 saturated heterocycles. The second kappa shape index (κ2) is 12.6. The van der Waals surface area contributed by atoms with Crippen LogP contribution in [0.15, 0.2) is 78.9 Å². The molecule has 0 aliphatic rings. The molecule has 5 nitrogen and oxygen atoms in total. The third-order valence-electron chi connectivity index (χ3n) is 5.94. The summed E-state index contributed by atoms with van der Waals surface area (Å²) in [5, 5.41) is 2.76. The van der Waals surface area contributed by atoms with Crippen LogP contribution in [0.5, 0.6) is 5.75 Å². The van der Waals surface area contributed by atoms with Crippen molar-refractivity contribution in [2.45, 2.75) is 45.7 Å². The normalized spacial score (nSPS) is 11.5. The van der Waals surface area contributed by atoms with Crippen LogP contribution >= 0.6 is 0 Å². The second-order valence-electron chi connectivity index (χ2n) is 8.53. The molecule has 0 fully saturated rings. The zero-order valence-corrected chi connectivity index (χ0v) is 20.3. The lowest BCUT2D eigenvalue weighted by Gasteiger charge is -2.31. The molecule has 0 aliphatic heterocycles. The number of carbonyl (C=O) groups is 2. The minimum absolute atomic E-state index is 0.0553. The SMILES string of the molecule is CNC(=O)[C@@H](Cc1ccccc1)N(Cc1ccccc1C)C(=O)CCCOc1ccc(C)cc1. The summed E-state index contributed by atoms with van der Waals surface area (Å²) in [6.45, 7) is 4.88. The number of aryl methyl sites for hydroxylation is 2. The van der Waals surface area contributed by atoms with Gasteiger partial charge in [-0.25, -0.2) is 0 Å². The molecule has 2 amide bonds. The molecule has 3 rings (SSSR count). The van der Waals surface area contributed by atoms with E-state index in [0.29, 0.717) is 32.4 Å². The number of amides is 2. The Morgan fingerprint density at radius 3 is 2.26 bits per heavy atom. The van der Waals surface area contributed by atoms with E-state index < -0.39 is 6.04 Å². The Kier molecular flexibility index (Phi) is 9.27. The van der Waals surface area contributed by atoms with Crippen molar-refractivity contribution in [3.63, 3.8) is 0 Å². The monoisotopic (exact) mass is 458 g/mol. The van der Waals surface area contributed by atoms with E-state index in [9.17, 15) is 9.59 Å². The Morgan fingerprint density at radius 2 is 1.59 bits per heavy atom. The average Bonchev–Trinajstić information content (AvgIpc) is 2.86. The van der Waals surface area contributed by atoms with Crippen molar-refractivity contribution in [3.8, 4) is 5.75 Å². The van der Waals surface area contributed by atoms with E-state index in [2.05, 4.69) is 5.32 Å². The van der Waals surface area contributed by atoms with E-state index in [-0.39, 0.29) is 11.8 Å². The van der Waals surface area contributed by atoms with Crippen LogP contribution in [0.25, 0.3) is 0 Å². The average molecular weight is 459 g/mol. The second-order valence-corrected chi connectivity index (χ2v) is 8.53. The number of hydrogen-bond acceptors (Lipinski definition) is 3. The summed E-state index contributed by atoms with van der Waals surface area (Å²) < 4.78 is 5.80. The number of nitrogens with one attached hydrogen (secondary N) is 1. The van der Waals surface area contributed by atoms with Crippen molar-refractivity contribution >= 4 is 11.8 Å². The molecule has 3 aromatic carbocycles. The summed E-state index contributed by atoms with van der Waals surface area (Å²) in [5.74, 6) is 0.573. The maximum atomic E-state index is 13.5. The molecule has 1 N–H and O–H groups in total. The molecule has 0 unspecified atom stereocenters. The Morgan fingerprint density at radius 1 is 0.912 bits per heavy atom. The van der Waals surface area contributed by atoms with E-state index in [1.54, 1.807) is 11.9 Å². The van der Waals surface area contributed by atoms with Crippen molar-refractivity contribution in [1.82, 2.24) is 10.2 Å². The van der Waals surface area contributed by atoms with E-state index in [1.165, 1.54) is 5.56 Å². The summed E-state index contributed by atoms with van der Waals surface area (Å²) in [6.07, 6.45) is 1.33. The summed E-state index contributed by atoms with van der Waals surface area (Å²) in [5.41, 5.74) is 4.32. The Balaban J connectivity index is 1.75. The molecule has 0 heterocycles. The van der Waals surface area contributed by atoms with Crippen LogP contribution in [0, 0.1) is 13.8 Å². The summed E-state index contributed by atoms with van der Waals surface area (Å²) in [6, 6.07) is 25.1. The molecule has 0 aromatic heterocycles. The van der Waals surface area contributed by atoms with Gasteiger partial charge in [0.2, 0.25) is 11.8 Å². The van der Waals surface area contributed by atoms with Gasteiger partial charge in [-0.3, -0.25) is 9.59 Å². The highest BCUT2D eigenvalue weighted by Crippen LogP contribution is 2.19. The first-order valence-electron chi connectivity index (χ1n) is 11.8. The van der Waals surface area contributed by atoms with Gasteiger partial charge >= 0.3 is 0 Å². The standard InChI is InChI=1S/C29H34N2O3/c1-22-15-17-26(18-16-22)34-19-9-14-28(32)31(21-25-13-8-7-10-23(25)2)27(29(33)30-3)20-24-11-5-4-6-12-24/h4-8,10-13,15-18,27H,9,14,19-21H2,1-3H3,(H,30,33)/t27-/m1/s1. The number of likely N-dealkylation sites (N-methyl/N-ethyl adjacent to an activating group) is 1. The van der Waals surface area contributed by atoms with Crippen LogP contribution in [0.4, 0.5) is 0 Å². The maximum Gasteiger partial charge on any atom is 0.242 e. The van der Waals surface area contributed by atoms with Crippen LogP contribution in [0.1, 0.15) is 35.1 Å². The number of benzene rings is 3. The molecule has 3 aromatic rings. The first-order valence-corrected chi connectivity index (χ1v) is 11.8. The number of nitrogens with zero attached hydrogens (tertiary/aromatic N) is 1. The van der Waals surface area contributed by atoms with Gasteiger partial charge in [0.1, 0.15) is 11.8 Å². The molecular formula is C29H34N2O3. The van der Waals surface area contributed by atoms with Gasteiger partial charge in [-0.1, -0.05) is 72.3 Å². The molecular weight excluding hydrogens is 424 g/mol. The van der Waals surface area contributed by atoms with Crippen molar-refractivity contribution in [1.29, 1.82) is 0 Å². The molecule has 178 valence electrons. The van der Waals surface area contributed by atoms with Gasteiger partial charge in [-0.2, -0.15) is 0 Å². The first-order chi connectivity index (χ1) is 16.5. The predicted octanol–water partition coefficient (Wildman–Crippen LogP) is 4.85. The predicted molar refractivity (Wildman–Crippen MR) is 136 cm³/mol. The molecule has 34 heavy (non-hydrogen) atoms. The molecule has 5 heteroatoms. The van der Waals surface area contributed by atoms with Gasteiger partial charge in [0.05, 0.1) is 6.61 Å². The smallest absolute Gasteiger partial charge is 0.242 e. The van der Waals surface area contributed by atoms with Gasteiger partial charge in [0.25, 0.3) is 0 Å². The van der Waals surface area contributed by atoms with Crippen molar-refractivity contribution in [2.24, 2.45) is 0 Å². The molecule has 0 radical (unpaired) electrons. The summed E-state index contributed by atoms with van der Waals surface area (Å²) >= 11 is 0. The van der Waals surface area contributed by atoms with Crippen LogP contribution in [0.2, 0.25) is 0 Å². The number of rotatable bonds is 11. The van der Waals surface area contributed by atoms with E-state index >= 15 is 0 Å². The van der Waals surface area contributed by atoms with Crippen molar-refractivity contribution in [2.75, 3.05) is 13.7 Å². The molecule has 0 spiro atoms. The zero-order valence-electron chi connectivity index (χ0n) is 20.3. The van der Waals surface area contributed by atoms with Gasteiger partial charge in [-0.05, 0) is 49.1 Å². The minimum Gasteiger partial charge on any atom is -0.494 e. The largest absolute Gasteiger partial charge is 0.494 e. The lowest BCUT2D eigenvalue weighted by Crippen LogP contribution is -2.49. The van der Waals surface area contributed by atoms with E-state index in [1.807, 2.05) is 92.7 Å². The minimum atomic E-state index is -0.600. The maximum absolute atomic E-state index is 13.5. The number of hydrogen-bond donors (Lipinski definition) is 1. The van der Waals surface area contributed by atoms with Gasteiger partial charge in [0.15, 0.2) is 0 Å². The lowest BCUT2D eigenvalue weighted by molar-refractivity contribution is -0.141.